The normalized spacial score (nSPS) is 16.8. The van der Waals surface area contributed by atoms with Gasteiger partial charge in [0.2, 0.25) is 0 Å². The quantitative estimate of drug-likeness (QED) is 0.770. The fraction of sp³-hybridized carbons (Fsp3) is 0.250. The van der Waals surface area contributed by atoms with E-state index in [1.165, 1.54) is 0 Å². The van der Waals surface area contributed by atoms with Crippen LogP contribution in [0.4, 0.5) is 0 Å². The van der Waals surface area contributed by atoms with Gasteiger partial charge < -0.3 is 9.64 Å². The zero-order valence-electron chi connectivity index (χ0n) is 14.3. The van der Waals surface area contributed by atoms with Gasteiger partial charge in [0.25, 0.3) is 5.91 Å². The van der Waals surface area contributed by atoms with Crippen LogP contribution in [-0.4, -0.2) is 45.4 Å². The lowest BCUT2D eigenvalue weighted by Gasteiger charge is -2.16. The molecule has 2 aromatic carbocycles. The lowest BCUT2D eigenvalue weighted by molar-refractivity contribution is 0.0436. The standard InChI is InChI=1S/C20H20N4O2/c25-20(19-18(21-23-22-19)16-9-5-2-6-10-16)24-12-11-17(13-24)26-14-15-7-3-1-4-8-15/h1-10,17H,11-14H2,(H,21,22,23). The van der Waals surface area contributed by atoms with Crippen molar-refractivity contribution in [3.8, 4) is 11.3 Å². The molecule has 0 bridgehead atoms. The fourth-order valence-corrected chi connectivity index (χ4v) is 3.16. The van der Waals surface area contributed by atoms with Crippen LogP contribution in [0, 0.1) is 0 Å². The van der Waals surface area contributed by atoms with E-state index < -0.39 is 0 Å². The zero-order chi connectivity index (χ0) is 17.8. The Morgan fingerprint density at radius 2 is 1.81 bits per heavy atom. The molecule has 1 saturated heterocycles. The monoisotopic (exact) mass is 348 g/mol. The van der Waals surface area contributed by atoms with Crippen LogP contribution >= 0.6 is 0 Å². The molecule has 0 spiro atoms. The highest BCUT2D eigenvalue weighted by molar-refractivity contribution is 5.98. The molecule has 0 saturated carbocycles. The van der Waals surface area contributed by atoms with Gasteiger partial charge in [-0.25, -0.2) is 0 Å². The highest BCUT2D eigenvalue weighted by Gasteiger charge is 2.30. The number of rotatable bonds is 5. The summed E-state index contributed by atoms with van der Waals surface area (Å²) in [5, 5.41) is 10.8. The Labute approximate surface area is 151 Å². The predicted octanol–water partition coefficient (Wildman–Crippen LogP) is 2.90. The van der Waals surface area contributed by atoms with Gasteiger partial charge in [0.1, 0.15) is 5.69 Å². The maximum absolute atomic E-state index is 12.9. The molecule has 1 aliphatic rings. The number of ether oxygens (including phenoxy) is 1. The van der Waals surface area contributed by atoms with Crippen molar-refractivity contribution in [3.63, 3.8) is 0 Å². The highest BCUT2D eigenvalue weighted by Crippen LogP contribution is 2.23. The first-order valence-corrected chi connectivity index (χ1v) is 8.72. The number of nitrogens with zero attached hydrogens (tertiary/aromatic N) is 3. The lowest BCUT2D eigenvalue weighted by atomic mass is 10.1. The van der Waals surface area contributed by atoms with Gasteiger partial charge in [0.05, 0.1) is 12.7 Å². The van der Waals surface area contributed by atoms with E-state index in [0.29, 0.717) is 31.1 Å². The summed E-state index contributed by atoms with van der Waals surface area (Å²) in [5.41, 5.74) is 2.96. The number of likely N-dealkylation sites (tertiary alicyclic amines) is 1. The number of amides is 1. The minimum Gasteiger partial charge on any atom is -0.372 e. The van der Waals surface area contributed by atoms with E-state index >= 15 is 0 Å². The average Bonchev–Trinajstić information content (AvgIpc) is 3.37. The van der Waals surface area contributed by atoms with E-state index in [0.717, 1.165) is 17.5 Å². The third-order valence-electron chi connectivity index (χ3n) is 4.56. The molecule has 132 valence electrons. The van der Waals surface area contributed by atoms with Gasteiger partial charge >= 0.3 is 0 Å². The van der Waals surface area contributed by atoms with Gasteiger partial charge in [-0.05, 0) is 12.0 Å². The van der Waals surface area contributed by atoms with Crippen LogP contribution in [0.2, 0.25) is 0 Å². The zero-order valence-corrected chi connectivity index (χ0v) is 14.3. The Balaban J connectivity index is 1.40. The van der Waals surface area contributed by atoms with E-state index in [9.17, 15) is 4.79 Å². The van der Waals surface area contributed by atoms with Crippen LogP contribution in [0.1, 0.15) is 22.5 Å². The molecule has 1 aromatic heterocycles. The minimum atomic E-state index is -0.108. The number of nitrogens with one attached hydrogen (secondary N) is 1. The first kappa shape index (κ1) is 16.5. The van der Waals surface area contributed by atoms with Crippen molar-refractivity contribution >= 4 is 5.91 Å². The molecule has 3 aromatic rings. The molecule has 1 atom stereocenters. The highest BCUT2D eigenvalue weighted by atomic mass is 16.5. The Morgan fingerprint density at radius 1 is 1.08 bits per heavy atom. The molecule has 6 heteroatoms. The number of carbonyl (C=O) groups is 1. The Hall–Kier alpha value is -2.99. The Kier molecular flexibility index (Phi) is 4.75. The van der Waals surface area contributed by atoms with Crippen LogP contribution in [0.25, 0.3) is 11.3 Å². The molecule has 26 heavy (non-hydrogen) atoms. The molecule has 1 aliphatic heterocycles. The maximum Gasteiger partial charge on any atom is 0.276 e. The van der Waals surface area contributed by atoms with E-state index in [1.807, 2.05) is 60.7 Å². The van der Waals surface area contributed by atoms with Gasteiger partial charge in [-0.3, -0.25) is 4.79 Å². The van der Waals surface area contributed by atoms with Crippen LogP contribution in [0.5, 0.6) is 0 Å². The summed E-state index contributed by atoms with van der Waals surface area (Å²) in [6.07, 6.45) is 0.878. The number of aromatic nitrogens is 3. The second-order valence-electron chi connectivity index (χ2n) is 6.35. The Bertz CT molecular complexity index is 864. The van der Waals surface area contributed by atoms with Gasteiger partial charge in [-0.1, -0.05) is 60.7 Å². The molecule has 1 fully saturated rings. The molecular weight excluding hydrogens is 328 g/mol. The van der Waals surface area contributed by atoms with Crippen LogP contribution < -0.4 is 0 Å². The van der Waals surface area contributed by atoms with Crippen LogP contribution in [-0.2, 0) is 11.3 Å². The summed E-state index contributed by atoms with van der Waals surface area (Å²) in [6.45, 7) is 1.80. The minimum absolute atomic E-state index is 0.0474. The van der Waals surface area contributed by atoms with E-state index in [4.69, 9.17) is 4.74 Å². The van der Waals surface area contributed by atoms with Crippen molar-refractivity contribution in [2.24, 2.45) is 0 Å². The van der Waals surface area contributed by atoms with Gasteiger partial charge in [0.15, 0.2) is 5.69 Å². The summed E-state index contributed by atoms with van der Waals surface area (Å²) >= 11 is 0. The van der Waals surface area contributed by atoms with Crippen LogP contribution in [0.15, 0.2) is 60.7 Å². The second kappa shape index (κ2) is 7.49. The summed E-state index contributed by atoms with van der Waals surface area (Å²) in [5.74, 6) is -0.108. The number of hydrogen-bond donors (Lipinski definition) is 1. The smallest absolute Gasteiger partial charge is 0.276 e. The van der Waals surface area contributed by atoms with Crippen molar-refractivity contribution in [3.05, 3.63) is 71.9 Å². The molecule has 4 rings (SSSR count). The molecule has 1 unspecified atom stereocenters. The number of hydrogen-bond acceptors (Lipinski definition) is 4. The number of aromatic amines is 1. The summed E-state index contributed by atoms with van der Waals surface area (Å²) in [6, 6.07) is 19.7. The van der Waals surface area contributed by atoms with Crippen LogP contribution in [0.3, 0.4) is 0 Å². The molecule has 0 radical (unpaired) electrons. The molecule has 1 amide bonds. The van der Waals surface area contributed by atoms with Crippen molar-refractivity contribution in [1.29, 1.82) is 0 Å². The summed E-state index contributed by atoms with van der Waals surface area (Å²) in [7, 11) is 0. The third kappa shape index (κ3) is 3.50. The van der Waals surface area contributed by atoms with E-state index in [1.54, 1.807) is 4.90 Å². The number of benzene rings is 2. The van der Waals surface area contributed by atoms with Crippen molar-refractivity contribution in [2.45, 2.75) is 19.1 Å². The van der Waals surface area contributed by atoms with Gasteiger partial charge in [0, 0.05) is 18.7 Å². The number of H-pyrrole nitrogens is 1. The maximum atomic E-state index is 12.9. The van der Waals surface area contributed by atoms with Crippen molar-refractivity contribution in [2.75, 3.05) is 13.1 Å². The third-order valence-corrected chi connectivity index (χ3v) is 4.56. The van der Waals surface area contributed by atoms with E-state index in [-0.39, 0.29) is 12.0 Å². The predicted molar refractivity (Wildman–Crippen MR) is 97.4 cm³/mol. The van der Waals surface area contributed by atoms with Gasteiger partial charge in [-0.2, -0.15) is 15.4 Å². The molecule has 6 nitrogen and oxygen atoms in total. The fourth-order valence-electron chi connectivity index (χ4n) is 3.16. The van der Waals surface area contributed by atoms with Crippen molar-refractivity contribution in [1.82, 2.24) is 20.3 Å². The molecular formula is C20H20N4O2. The summed E-state index contributed by atoms with van der Waals surface area (Å²) in [4.78, 5) is 14.7. The first-order chi connectivity index (χ1) is 12.8. The molecule has 0 aliphatic carbocycles. The second-order valence-corrected chi connectivity index (χ2v) is 6.35. The van der Waals surface area contributed by atoms with Gasteiger partial charge in [-0.15, -0.1) is 0 Å². The molecule has 1 N–H and O–H groups in total. The largest absolute Gasteiger partial charge is 0.372 e. The topological polar surface area (TPSA) is 71.1 Å². The SMILES string of the molecule is O=C(c1n[nH]nc1-c1ccccc1)N1CCC(OCc2ccccc2)C1. The average molecular weight is 348 g/mol. The number of carbonyl (C=O) groups excluding carboxylic acids is 1. The lowest BCUT2D eigenvalue weighted by Crippen LogP contribution is -2.30. The van der Waals surface area contributed by atoms with E-state index in [2.05, 4.69) is 15.4 Å². The first-order valence-electron chi connectivity index (χ1n) is 8.72. The summed E-state index contributed by atoms with van der Waals surface area (Å²) < 4.78 is 5.96. The molecule has 2 heterocycles. The Morgan fingerprint density at radius 3 is 2.58 bits per heavy atom. The van der Waals surface area contributed by atoms with Crippen molar-refractivity contribution < 1.29 is 9.53 Å².